The molecule has 2 aromatic carbocycles. The fourth-order valence-corrected chi connectivity index (χ4v) is 3.80. The molecule has 0 radical (unpaired) electrons. The van der Waals surface area contributed by atoms with Gasteiger partial charge in [-0.3, -0.25) is 0 Å². The Hall–Kier alpha value is -1.00. The lowest BCUT2D eigenvalue weighted by Crippen LogP contribution is -2.22. The van der Waals surface area contributed by atoms with Gasteiger partial charge >= 0.3 is 0 Å². The second-order valence-corrected chi connectivity index (χ2v) is 8.08. The molecule has 3 rings (SSSR count). The monoisotopic (exact) mass is 451 g/mol. The van der Waals surface area contributed by atoms with E-state index in [4.69, 9.17) is 4.74 Å². The van der Waals surface area contributed by atoms with Gasteiger partial charge in [0, 0.05) is 15.5 Å². The van der Waals surface area contributed by atoms with E-state index in [1.54, 1.807) is 0 Å². The van der Waals surface area contributed by atoms with Crippen molar-refractivity contribution in [3.63, 3.8) is 0 Å². The van der Waals surface area contributed by atoms with Crippen LogP contribution in [0.4, 0.5) is 11.4 Å². The third kappa shape index (κ3) is 4.15. The standard InChI is InChI=1S/C20H23Br2NO/c1-2-3-4-5-6-7-12-23-17-10-8-15(21)13-19(17)24-20-14-16(22)9-11-18(20)23/h8-11,13-14H,2-7,12H2,1H3. The zero-order valence-electron chi connectivity index (χ0n) is 14.0. The largest absolute Gasteiger partial charge is 0.453 e. The maximum Gasteiger partial charge on any atom is 0.152 e. The van der Waals surface area contributed by atoms with Crippen LogP contribution in [0.5, 0.6) is 11.5 Å². The molecule has 0 N–H and O–H groups in total. The van der Waals surface area contributed by atoms with E-state index in [2.05, 4.69) is 67.9 Å². The van der Waals surface area contributed by atoms with Crippen molar-refractivity contribution < 1.29 is 4.74 Å². The summed E-state index contributed by atoms with van der Waals surface area (Å²) in [5.41, 5.74) is 2.31. The van der Waals surface area contributed by atoms with Crippen molar-refractivity contribution in [2.45, 2.75) is 45.4 Å². The highest BCUT2D eigenvalue weighted by Crippen LogP contribution is 2.48. The summed E-state index contributed by atoms with van der Waals surface area (Å²) < 4.78 is 8.21. The average molecular weight is 453 g/mol. The molecule has 0 aromatic heterocycles. The molecule has 128 valence electrons. The lowest BCUT2D eigenvalue weighted by Gasteiger charge is -2.33. The Morgan fingerprint density at radius 1 is 0.792 bits per heavy atom. The Morgan fingerprint density at radius 3 is 1.92 bits per heavy atom. The first kappa shape index (κ1) is 17.8. The van der Waals surface area contributed by atoms with Crippen molar-refractivity contribution in [3.05, 3.63) is 45.3 Å². The molecule has 1 heterocycles. The molecule has 0 fully saturated rings. The van der Waals surface area contributed by atoms with Gasteiger partial charge in [0.1, 0.15) is 0 Å². The number of nitrogens with zero attached hydrogens (tertiary/aromatic N) is 1. The molecular formula is C20H23Br2NO. The molecule has 0 saturated heterocycles. The molecular weight excluding hydrogens is 430 g/mol. The first-order valence-corrected chi connectivity index (χ1v) is 10.3. The summed E-state index contributed by atoms with van der Waals surface area (Å²) in [6.45, 7) is 3.29. The predicted molar refractivity (Wildman–Crippen MR) is 109 cm³/mol. The van der Waals surface area contributed by atoms with Crippen LogP contribution in [0.25, 0.3) is 0 Å². The summed E-state index contributed by atoms with van der Waals surface area (Å²) in [5.74, 6) is 1.84. The van der Waals surface area contributed by atoms with Crippen molar-refractivity contribution in [3.8, 4) is 11.5 Å². The van der Waals surface area contributed by atoms with Crippen LogP contribution in [0.2, 0.25) is 0 Å². The first-order valence-electron chi connectivity index (χ1n) is 8.73. The highest BCUT2D eigenvalue weighted by molar-refractivity contribution is 9.10. The van der Waals surface area contributed by atoms with E-state index in [1.165, 1.54) is 38.5 Å². The molecule has 0 bridgehead atoms. The van der Waals surface area contributed by atoms with Gasteiger partial charge in [-0.2, -0.15) is 0 Å². The van der Waals surface area contributed by atoms with Gasteiger partial charge in [0.2, 0.25) is 0 Å². The van der Waals surface area contributed by atoms with Crippen LogP contribution in [-0.4, -0.2) is 6.54 Å². The normalized spacial score (nSPS) is 12.5. The highest BCUT2D eigenvalue weighted by atomic mass is 79.9. The molecule has 2 nitrogen and oxygen atoms in total. The molecule has 0 aliphatic carbocycles. The van der Waals surface area contributed by atoms with Gasteiger partial charge in [0.15, 0.2) is 11.5 Å². The van der Waals surface area contributed by atoms with E-state index in [9.17, 15) is 0 Å². The molecule has 1 aliphatic rings. The fraction of sp³-hybridized carbons (Fsp3) is 0.400. The topological polar surface area (TPSA) is 12.5 Å². The molecule has 0 saturated carbocycles. The number of hydrogen-bond donors (Lipinski definition) is 0. The number of fused-ring (bicyclic) bond motifs is 2. The van der Waals surface area contributed by atoms with Crippen LogP contribution in [0, 0.1) is 0 Å². The smallest absolute Gasteiger partial charge is 0.152 e. The Bertz CT molecular complexity index is 651. The van der Waals surface area contributed by atoms with E-state index in [-0.39, 0.29) is 0 Å². The lowest BCUT2D eigenvalue weighted by atomic mass is 10.1. The molecule has 0 spiro atoms. The zero-order valence-corrected chi connectivity index (χ0v) is 17.2. The van der Waals surface area contributed by atoms with Crippen molar-refractivity contribution in [2.75, 3.05) is 11.4 Å². The van der Waals surface area contributed by atoms with Gasteiger partial charge in [-0.1, -0.05) is 70.9 Å². The van der Waals surface area contributed by atoms with Crippen LogP contribution >= 0.6 is 31.9 Å². The first-order chi connectivity index (χ1) is 11.7. The van der Waals surface area contributed by atoms with Crippen LogP contribution in [0.3, 0.4) is 0 Å². The van der Waals surface area contributed by atoms with Crippen molar-refractivity contribution in [1.29, 1.82) is 0 Å². The number of unbranched alkanes of at least 4 members (excludes halogenated alkanes) is 5. The van der Waals surface area contributed by atoms with Gasteiger partial charge in [0.25, 0.3) is 0 Å². The van der Waals surface area contributed by atoms with Gasteiger partial charge in [-0.05, 0) is 42.8 Å². The summed E-state index contributed by atoms with van der Waals surface area (Å²) in [6, 6.07) is 12.5. The summed E-state index contributed by atoms with van der Waals surface area (Å²) in [6.07, 6.45) is 7.83. The maximum atomic E-state index is 6.13. The number of rotatable bonds is 7. The van der Waals surface area contributed by atoms with E-state index in [0.29, 0.717) is 0 Å². The number of hydrogen-bond acceptors (Lipinski definition) is 2. The number of halogens is 2. The third-order valence-electron chi connectivity index (χ3n) is 4.38. The van der Waals surface area contributed by atoms with Gasteiger partial charge in [0.05, 0.1) is 11.4 Å². The molecule has 2 aromatic rings. The molecule has 0 amide bonds. The SMILES string of the molecule is CCCCCCCCN1c2ccc(Br)cc2Oc2cc(Br)ccc21. The Kier molecular flexibility index (Phi) is 6.23. The minimum atomic E-state index is 0.918. The minimum Gasteiger partial charge on any atom is -0.453 e. The van der Waals surface area contributed by atoms with Crippen LogP contribution in [-0.2, 0) is 0 Å². The Balaban J connectivity index is 1.77. The predicted octanol–water partition coefficient (Wildman–Crippen LogP) is 7.82. The summed E-state index contributed by atoms with van der Waals surface area (Å²) in [7, 11) is 0. The molecule has 1 aliphatic heterocycles. The lowest BCUT2D eigenvalue weighted by molar-refractivity contribution is 0.471. The maximum absolute atomic E-state index is 6.13. The van der Waals surface area contributed by atoms with Crippen molar-refractivity contribution in [1.82, 2.24) is 0 Å². The van der Waals surface area contributed by atoms with Gasteiger partial charge in [-0.15, -0.1) is 0 Å². The molecule has 24 heavy (non-hydrogen) atoms. The second-order valence-electron chi connectivity index (χ2n) is 6.25. The molecule has 4 heteroatoms. The Morgan fingerprint density at radius 2 is 1.33 bits per heavy atom. The van der Waals surface area contributed by atoms with Gasteiger partial charge in [-0.25, -0.2) is 0 Å². The van der Waals surface area contributed by atoms with Crippen molar-refractivity contribution in [2.24, 2.45) is 0 Å². The van der Waals surface area contributed by atoms with E-state index in [1.807, 2.05) is 12.1 Å². The molecule has 0 atom stereocenters. The average Bonchev–Trinajstić information content (AvgIpc) is 2.56. The van der Waals surface area contributed by atoms with Gasteiger partial charge < -0.3 is 9.64 Å². The summed E-state index contributed by atoms with van der Waals surface area (Å²) in [5, 5.41) is 0. The zero-order chi connectivity index (χ0) is 16.9. The van der Waals surface area contributed by atoms with E-state index < -0.39 is 0 Å². The van der Waals surface area contributed by atoms with E-state index >= 15 is 0 Å². The number of anilines is 2. The number of ether oxygens (including phenoxy) is 1. The van der Waals surface area contributed by atoms with Crippen molar-refractivity contribution >= 4 is 43.2 Å². The van der Waals surface area contributed by atoms with Crippen LogP contribution in [0.1, 0.15) is 45.4 Å². The summed E-state index contributed by atoms with van der Waals surface area (Å²) >= 11 is 7.09. The third-order valence-corrected chi connectivity index (χ3v) is 5.37. The Labute approximate surface area is 161 Å². The molecule has 0 unspecified atom stereocenters. The number of benzene rings is 2. The quantitative estimate of drug-likeness (QED) is 0.397. The van der Waals surface area contributed by atoms with Crippen LogP contribution < -0.4 is 9.64 Å². The minimum absolute atomic E-state index is 0.918. The fourth-order valence-electron chi connectivity index (χ4n) is 3.12. The van der Waals surface area contributed by atoms with E-state index in [0.717, 1.165) is 38.4 Å². The highest BCUT2D eigenvalue weighted by Gasteiger charge is 2.24. The van der Waals surface area contributed by atoms with Crippen LogP contribution in [0.15, 0.2) is 45.3 Å². The second kappa shape index (κ2) is 8.39. The summed E-state index contributed by atoms with van der Waals surface area (Å²) in [4.78, 5) is 2.40.